The van der Waals surface area contributed by atoms with Crippen molar-refractivity contribution < 1.29 is 9.47 Å². The van der Waals surface area contributed by atoms with Crippen LogP contribution in [0.25, 0.3) is 0 Å². The highest BCUT2D eigenvalue weighted by Crippen LogP contribution is 2.32. The van der Waals surface area contributed by atoms with E-state index >= 15 is 0 Å². The molecule has 1 aliphatic heterocycles. The molecule has 1 aliphatic carbocycles. The standard InChI is InChI=1S/C12H22O2/c1-2-4-6-8-12(9-7-5-3-1)13-10-11-14-12/h1-11H2. The van der Waals surface area contributed by atoms with E-state index < -0.39 is 0 Å². The molecular formula is C12H22O2. The molecule has 0 unspecified atom stereocenters. The van der Waals surface area contributed by atoms with Crippen LogP contribution in [0.3, 0.4) is 0 Å². The van der Waals surface area contributed by atoms with Crippen molar-refractivity contribution in [3.05, 3.63) is 0 Å². The van der Waals surface area contributed by atoms with Gasteiger partial charge in [0.05, 0.1) is 13.2 Å². The second-order valence-electron chi connectivity index (χ2n) is 4.58. The summed E-state index contributed by atoms with van der Waals surface area (Å²) in [5.41, 5.74) is 0. The van der Waals surface area contributed by atoms with Crippen LogP contribution in [0.15, 0.2) is 0 Å². The van der Waals surface area contributed by atoms with Gasteiger partial charge in [0, 0.05) is 12.8 Å². The van der Waals surface area contributed by atoms with E-state index in [0.717, 1.165) is 26.1 Å². The zero-order chi connectivity index (χ0) is 9.69. The summed E-state index contributed by atoms with van der Waals surface area (Å²) in [5, 5.41) is 0. The maximum Gasteiger partial charge on any atom is 0.168 e. The van der Waals surface area contributed by atoms with Crippen LogP contribution >= 0.6 is 0 Å². The Morgan fingerprint density at radius 1 is 0.571 bits per heavy atom. The van der Waals surface area contributed by atoms with Gasteiger partial charge in [-0.3, -0.25) is 0 Å². The largest absolute Gasteiger partial charge is 0.348 e. The molecule has 0 aromatic carbocycles. The van der Waals surface area contributed by atoms with E-state index in [4.69, 9.17) is 9.47 Å². The van der Waals surface area contributed by atoms with Crippen LogP contribution in [0.2, 0.25) is 0 Å². The van der Waals surface area contributed by atoms with Crippen LogP contribution in [-0.4, -0.2) is 19.0 Å². The minimum atomic E-state index is -0.169. The molecule has 0 amide bonds. The van der Waals surface area contributed by atoms with Crippen molar-refractivity contribution in [3.8, 4) is 0 Å². The summed E-state index contributed by atoms with van der Waals surface area (Å²) >= 11 is 0. The topological polar surface area (TPSA) is 18.5 Å². The molecule has 1 heterocycles. The number of hydrogen-bond donors (Lipinski definition) is 0. The Kier molecular flexibility index (Phi) is 3.82. The lowest BCUT2D eigenvalue weighted by atomic mass is 9.96. The van der Waals surface area contributed by atoms with Crippen molar-refractivity contribution >= 4 is 0 Å². The van der Waals surface area contributed by atoms with Gasteiger partial charge in [-0.05, 0) is 12.8 Å². The minimum Gasteiger partial charge on any atom is -0.348 e. The van der Waals surface area contributed by atoms with E-state index in [9.17, 15) is 0 Å². The van der Waals surface area contributed by atoms with Crippen molar-refractivity contribution in [1.82, 2.24) is 0 Å². The molecule has 0 radical (unpaired) electrons. The second kappa shape index (κ2) is 5.13. The molecule has 2 heteroatoms. The van der Waals surface area contributed by atoms with Gasteiger partial charge in [0.2, 0.25) is 0 Å². The van der Waals surface area contributed by atoms with Gasteiger partial charge in [-0.1, -0.05) is 32.1 Å². The number of rotatable bonds is 0. The first-order chi connectivity index (χ1) is 6.91. The maximum absolute atomic E-state index is 5.79. The highest BCUT2D eigenvalue weighted by Gasteiger charge is 2.35. The molecule has 14 heavy (non-hydrogen) atoms. The smallest absolute Gasteiger partial charge is 0.168 e. The zero-order valence-corrected chi connectivity index (χ0v) is 9.09. The highest BCUT2D eigenvalue weighted by molar-refractivity contribution is 4.75. The first-order valence-electron chi connectivity index (χ1n) is 6.19. The summed E-state index contributed by atoms with van der Waals surface area (Å²) in [6.07, 6.45) is 11.7. The van der Waals surface area contributed by atoms with Crippen LogP contribution in [-0.2, 0) is 9.47 Å². The van der Waals surface area contributed by atoms with E-state index in [-0.39, 0.29) is 5.79 Å². The second-order valence-corrected chi connectivity index (χ2v) is 4.58. The van der Waals surface area contributed by atoms with Crippen molar-refractivity contribution in [1.29, 1.82) is 0 Å². The van der Waals surface area contributed by atoms with Crippen molar-refractivity contribution in [2.24, 2.45) is 0 Å². The van der Waals surface area contributed by atoms with Crippen molar-refractivity contribution in [2.75, 3.05) is 13.2 Å². The van der Waals surface area contributed by atoms with Crippen molar-refractivity contribution in [3.63, 3.8) is 0 Å². The Balaban J connectivity index is 1.86. The van der Waals surface area contributed by atoms with Gasteiger partial charge in [-0.25, -0.2) is 0 Å². The molecule has 0 atom stereocenters. The van der Waals surface area contributed by atoms with E-state index in [1.54, 1.807) is 0 Å². The predicted molar refractivity (Wildman–Crippen MR) is 56.2 cm³/mol. The summed E-state index contributed by atoms with van der Waals surface area (Å²) < 4.78 is 11.6. The van der Waals surface area contributed by atoms with Gasteiger partial charge in [0.25, 0.3) is 0 Å². The Hall–Kier alpha value is -0.0800. The molecule has 0 aromatic heterocycles. The Morgan fingerprint density at radius 2 is 1.00 bits per heavy atom. The molecule has 2 fully saturated rings. The molecule has 2 rings (SSSR count). The fourth-order valence-corrected chi connectivity index (χ4v) is 2.58. The molecule has 2 aliphatic rings. The van der Waals surface area contributed by atoms with Crippen LogP contribution in [0, 0.1) is 0 Å². The van der Waals surface area contributed by atoms with Crippen LogP contribution < -0.4 is 0 Å². The Bertz CT molecular complexity index is 150. The molecule has 0 N–H and O–H groups in total. The van der Waals surface area contributed by atoms with Gasteiger partial charge in [0.1, 0.15) is 0 Å². The lowest BCUT2D eigenvalue weighted by molar-refractivity contribution is -0.169. The maximum atomic E-state index is 5.79. The molecule has 2 nitrogen and oxygen atoms in total. The van der Waals surface area contributed by atoms with Crippen molar-refractivity contribution in [2.45, 2.75) is 63.6 Å². The third kappa shape index (κ3) is 2.71. The van der Waals surface area contributed by atoms with Crippen LogP contribution in [0.4, 0.5) is 0 Å². The zero-order valence-electron chi connectivity index (χ0n) is 9.09. The molecule has 82 valence electrons. The van der Waals surface area contributed by atoms with E-state index in [2.05, 4.69) is 0 Å². The van der Waals surface area contributed by atoms with Crippen LogP contribution in [0.5, 0.6) is 0 Å². The Labute approximate surface area is 87.0 Å². The van der Waals surface area contributed by atoms with Gasteiger partial charge >= 0.3 is 0 Å². The van der Waals surface area contributed by atoms with Gasteiger partial charge in [-0.15, -0.1) is 0 Å². The quantitative estimate of drug-likeness (QED) is 0.595. The molecule has 1 saturated carbocycles. The third-order valence-corrected chi connectivity index (χ3v) is 3.43. The monoisotopic (exact) mass is 198 g/mol. The summed E-state index contributed by atoms with van der Waals surface area (Å²) in [7, 11) is 0. The summed E-state index contributed by atoms with van der Waals surface area (Å²) in [6.45, 7) is 1.61. The normalized spacial score (nSPS) is 29.1. The van der Waals surface area contributed by atoms with E-state index in [1.165, 1.54) is 44.9 Å². The number of hydrogen-bond acceptors (Lipinski definition) is 2. The molecule has 1 spiro atoms. The highest BCUT2D eigenvalue weighted by atomic mass is 16.7. The number of ether oxygens (including phenoxy) is 2. The summed E-state index contributed by atoms with van der Waals surface area (Å²) in [5.74, 6) is -0.169. The summed E-state index contributed by atoms with van der Waals surface area (Å²) in [6, 6.07) is 0. The lowest BCUT2D eigenvalue weighted by Crippen LogP contribution is -2.30. The van der Waals surface area contributed by atoms with Gasteiger partial charge < -0.3 is 9.47 Å². The first-order valence-corrected chi connectivity index (χ1v) is 6.19. The van der Waals surface area contributed by atoms with E-state index in [1.807, 2.05) is 0 Å². The molecule has 1 saturated heterocycles. The SMILES string of the molecule is C1CCCCC2(CCCC1)OCCO2. The first kappa shape index (κ1) is 10.4. The fraction of sp³-hybridized carbons (Fsp3) is 1.00. The molecule has 0 aromatic rings. The lowest BCUT2D eigenvalue weighted by Gasteiger charge is -2.28. The minimum absolute atomic E-state index is 0.169. The molecule has 0 bridgehead atoms. The third-order valence-electron chi connectivity index (χ3n) is 3.43. The summed E-state index contributed by atoms with van der Waals surface area (Å²) in [4.78, 5) is 0. The Morgan fingerprint density at radius 3 is 1.50 bits per heavy atom. The molecular weight excluding hydrogens is 176 g/mol. The van der Waals surface area contributed by atoms with Gasteiger partial charge in [0.15, 0.2) is 5.79 Å². The van der Waals surface area contributed by atoms with E-state index in [0.29, 0.717) is 0 Å². The van der Waals surface area contributed by atoms with Crippen LogP contribution in [0.1, 0.15) is 57.8 Å². The average molecular weight is 198 g/mol. The average Bonchev–Trinajstić information content (AvgIpc) is 2.66. The predicted octanol–water partition coefficient (Wildman–Crippen LogP) is 3.25. The fourth-order valence-electron chi connectivity index (χ4n) is 2.58. The van der Waals surface area contributed by atoms with Gasteiger partial charge in [-0.2, -0.15) is 0 Å².